The first kappa shape index (κ1) is 26.5. The van der Waals surface area contributed by atoms with E-state index < -0.39 is 5.97 Å². The van der Waals surface area contributed by atoms with Crippen LogP contribution in [0.4, 0.5) is 0 Å². The lowest BCUT2D eigenvalue weighted by atomic mass is 9.95. The van der Waals surface area contributed by atoms with E-state index in [4.69, 9.17) is 9.84 Å². The fourth-order valence-corrected chi connectivity index (χ4v) is 5.02. The van der Waals surface area contributed by atoms with E-state index in [-0.39, 0.29) is 25.0 Å². The molecule has 0 aliphatic carbocycles. The summed E-state index contributed by atoms with van der Waals surface area (Å²) >= 11 is 0. The first-order valence-corrected chi connectivity index (χ1v) is 13.0. The molecule has 0 spiro atoms. The lowest BCUT2D eigenvalue weighted by Crippen LogP contribution is -2.47. The highest BCUT2D eigenvalue weighted by atomic mass is 16.5. The summed E-state index contributed by atoms with van der Waals surface area (Å²) in [7, 11) is 0. The van der Waals surface area contributed by atoms with Crippen LogP contribution >= 0.6 is 0 Å². The number of rotatable bonds is 11. The summed E-state index contributed by atoms with van der Waals surface area (Å²) in [6, 6.07) is 26.2. The third-order valence-electron chi connectivity index (χ3n) is 6.90. The van der Waals surface area contributed by atoms with Gasteiger partial charge in [-0.1, -0.05) is 66.7 Å². The monoisotopic (exact) mass is 528 g/mol. The van der Waals surface area contributed by atoms with Gasteiger partial charge in [-0.15, -0.1) is 5.10 Å². The summed E-state index contributed by atoms with van der Waals surface area (Å²) in [6.07, 6.45) is 0. The van der Waals surface area contributed by atoms with Gasteiger partial charge in [0.05, 0.1) is 19.2 Å². The highest BCUT2D eigenvalue weighted by molar-refractivity contribution is 5.68. The Balaban J connectivity index is 1.31. The number of phenolic OH excluding ortho intramolecular Hbond substituents is 1. The lowest BCUT2D eigenvalue weighted by Gasteiger charge is -2.40. The number of hydrogen-bond donors (Lipinski definition) is 2. The fourth-order valence-electron chi connectivity index (χ4n) is 5.02. The first-order valence-electron chi connectivity index (χ1n) is 13.0. The quantitative estimate of drug-likeness (QED) is 0.283. The van der Waals surface area contributed by atoms with Crippen molar-refractivity contribution in [1.29, 1.82) is 0 Å². The first-order chi connectivity index (χ1) is 19.1. The van der Waals surface area contributed by atoms with Gasteiger partial charge in [0.2, 0.25) is 0 Å². The molecule has 0 amide bonds. The molecule has 1 aliphatic rings. The van der Waals surface area contributed by atoms with Crippen molar-refractivity contribution in [2.75, 3.05) is 39.4 Å². The number of ether oxygens (including phenoxy) is 1. The number of carboxylic acid groups (broad SMARTS) is 1. The van der Waals surface area contributed by atoms with Crippen LogP contribution in [0, 0.1) is 0 Å². The minimum atomic E-state index is -1.01. The van der Waals surface area contributed by atoms with Crippen LogP contribution in [-0.4, -0.2) is 85.6 Å². The maximum Gasteiger partial charge on any atom is 0.329 e. The predicted molar refractivity (Wildman–Crippen MR) is 145 cm³/mol. The molecule has 3 aromatic carbocycles. The normalized spacial score (nSPS) is 15.3. The molecular weight excluding hydrogens is 496 g/mol. The molecule has 0 unspecified atom stereocenters. The molecule has 0 saturated carbocycles. The molecule has 5 rings (SSSR count). The highest BCUT2D eigenvalue weighted by Gasteiger charge is 2.27. The number of benzene rings is 3. The molecule has 39 heavy (non-hydrogen) atoms. The van der Waals surface area contributed by atoms with E-state index in [0.29, 0.717) is 12.4 Å². The Morgan fingerprint density at radius 3 is 2.41 bits per heavy atom. The fraction of sp³-hybridized carbons (Fsp3) is 0.310. The van der Waals surface area contributed by atoms with Crippen LogP contribution < -0.4 is 0 Å². The molecule has 4 aromatic rings. The average molecular weight is 529 g/mol. The second-order valence-electron chi connectivity index (χ2n) is 9.59. The van der Waals surface area contributed by atoms with Gasteiger partial charge in [-0.3, -0.25) is 9.80 Å². The number of hydrogen-bond acceptors (Lipinski definition) is 8. The van der Waals surface area contributed by atoms with Crippen LogP contribution in [0.5, 0.6) is 5.75 Å². The number of phenols is 1. The molecule has 1 atom stereocenters. The molecule has 1 fully saturated rings. The van der Waals surface area contributed by atoms with Gasteiger partial charge >= 0.3 is 5.97 Å². The second kappa shape index (κ2) is 12.6. The largest absolute Gasteiger partial charge is 0.508 e. The van der Waals surface area contributed by atoms with E-state index in [2.05, 4.69) is 67.8 Å². The van der Waals surface area contributed by atoms with E-state index >= 15 is 0 Å². The Morgan fingerprint density at radius 2 is 1.69 bits per heavy atom. The van der Waals surface area contributed by atoms with Crippen molar-refractivity contribution < 1.29 is 19.7 Å². The van der Waals surface area contributed by atoms with E-state index in [1.807, 2.05) is 30.3 Å². The van der Waals surface area contributed by atoms with E-state index in [1.54, 1.807) is 10.7 Å². The van der Waals surface area contributed by atoms with Crippen molar-refractivity contribution in [3.63, 3.8) is 0 Å². The minimum absolute atomic E-state index is 0.00885. The maximum atomic E-state index is 10.7. The SMILES string of the molecule is O=C(O)COCCn1nnnc1-c1ccc([C@@H](c2cccc(O)c2)N2CCN(Cc3ccccc3)CC2)cc1. The number of carbonyl (C=O) groups is 1. The van der Waals surface area contributed by atoms with Crippen LogP contribution in [0.1, 0.15) is 22.7 Å². The predicted octanol–water partition coefficient (Wildman–Crippen LogP) is 3.05. The highest BCUT2D eigenvalue weighted by Crippen LogP contribution is 2.32. The van der Waals surface area contributed by atoms with Crippen molar-refractivity contribution in [3.05, 3.63) is 95.6 Å². The lowest BCUT2D eigenvalue weighted by molar-refractivity contribution is -0.142. The summed E-state index contributed by atoms with van der Waals surface area (Å²) in [5, 5.41) is 31.0. The average Bonchev–Trinajstić information content (AvgIpc) is 3.42. The molecule has 0 bridgehead atoms. The zero-order chi connectivity index (χ0) is 27.0. The topological polar surface area (TPSA) is 117 Å². The second-order valence-corrected chi connectivity index (χ2v) is 9.59. The molecule has 202 valence electrons. The van der Waals surface area contributed by atoms with E-state index in [1.165, 1.54) is 5.56 Å². The number of nitrogens with zero attached hydrogens (tertiary/aromatic N) is 6. The van der Waals surface area contributed by atoms with Crippen molar-refractivity contribution in [2.24, 2.45) is 0 Å². The van der Waals surface area contributed by atoms with Crippen molar-refractivity contribution in [2.45, 2.75) is 19.1 Å². The number of tetrazole rings is 1. The third-order valence-corrected chi connectivity index (χ3v) is 6.90. The molecule has 1 aliphatic heterocycles. The van der Waals surface area contributed by atoms with Crippen molar-refractivity contribution in [3.8, 4) is 17.1 Å². The van der Waals surface area contributed by atoms with Crippen LogP contribution in [0.2, 0.25) is 0 Å². The van der Waals surface area contributed by atoms with Gasteiger partial charge in [0.15, 0.2) is 5.82 Å². The summed E-state index contributed by atoms with van der Waals surface area (Å²) in [4.78, 5) is 15.6. The molecular formula is C29H32N6O4. The van der Waals surface area contributed by atoms with Gasteiger partial charge in [-0.25, -0.2) is 9.48 Å². The molecule has 1 aromatic heterocycles. The summed E-state index contributed by atoms with van der Waals surface area (Å²) in [6.45, 7) is 4.85. The Morgan fingerprint density at radius 1 is 0.923 bits per heavy atom. The molecule has 0 radical (unpaired) electrons. The summed E-state index contributed by atoms with van der Waals surface area (Å²) in [5.74, 6) is -0.175. The maximum absolute atomic E-state index is 10.7. The summed E-state index contributed by atoms with van der Waals surface area (Å²) in [5.41, 5.74) is 4.33. The third kappa shape index (κ3) is 6.85. The molecule has 2 heterocycles. The molecule has 10 heteroatoms. The Hall–Kier alpha value is -4.12. The van der Waals surface area contributed by atoms with Crippen LogP contribution in [-0.2, 0) is 22.6 Å². The van der Waals surface area contributed by atoms with Crippen LogP contribution in [0.15, 0.2) is 78.9 Å². The van der Waals surface area contributed by atoms with Crippen LogP contribution in [0.3, 0.4) is 0 Å². The van der Waals surface area contributed by atoms with Gasteiger partial charge in [0, 0.05) is 38.3 Å². The standard InChI is InChI=1S/C29H32N6O4/c36-26-8-4-7-25(19-26)28(34-15-13-33(14-16-34)20-22-5-2-1-3-6-22)23-9-11-24(12-10-23)29-30-31-32-35(29)17-18-39-21-27(37)38/h1-12,19,28,36H,13-18,20-21H2,(H,37,38)/t28-/m0/s1. The van der Waals surface area contributed by atoms with Gasteiger partial charge in [-0.05, 0) is 39.2 Å². The molecule has 10 nitrogen and oxygen atoms in total. The van der Waals surface area contributed by atoms with Crippen molar-refractivity contribution >= 4 is 5.97 Å². The molecule has 1 saturated heterocycles. The van der Waals surface area contributed by atoms with Crippen molar-refractivity contribution in [1.82, 2.24) is 30.0 Å². The Labute approximate surface area is 227 Å². The number of aliphatic carboxylic acids is 1. The number of aromatic hydroxyl groups is 1. The molecule has 2 N–H and O–H groups in total. The number of piperazine rings is 1. The van der Waals surface area contributed by atoms with Gasteiger partial charge in [0.1, 0.15) is 12.4 Å². The van der Waals surface area contributed by atoms with Crippen LogP contribution in [0.25, 0.3) is 11.4 Å². The Bertz CT molecular complexity index is 1350. The zero-order valence-electron chi connectivity index (χ0n) is 21.6. The minimum Gasteiger partial charge on any atom is -0.508 e. The zero-order valence-corrected chi connectivity index (χ0v) is 21.6. The Kier molecular flexibility index (Phi) is 8.57. The number of aromatic nitrogens is 4. The smallest absolute Gasteiger partial charge is 0.329 e. The van der Waals surface area contributed by atoms with Gasteiger partial charge in [0.25, 0.3) is 0 Å². The van der Waals surface area contributed by atoms with Gasteiger partial charge < -0.3 is 14.9 Å². The number of carboxylic acids is 1. The van der Waals surface area contributed by atoms with Gasteiger partial charge in [-0.2, -0.15) is 0 Å². The van der Waals surface area contributed by atoms with E-state index in [0.717, 1.165) is 49.4 Å². The summed E-state index contributed by atoms with van der Waals surface area (Å²) < 4.78 is 6.74. The van der Waals surface area contributed by atoms with E-state index in [9.17, 15) is 9.90 Å².